The second kappa shape index (κ2) is 5.52. The molecule has 5 nitrogen and oxygen atoms in total. The number of aryl methyl sites for hydroxylation is 2. The number of amides is 1. The van der Waals surface area contributed by atoms with Crippen LogP contribution >= 0.6 is 11.3 Å². The van der Waals surface area contributed by atoms with Gasteiger partial charge in [-0.3, -0.25) is 9.59 Å². The molecule has 1 amide bonds. The molecule has 1 aromatic heterocycles. The van der Waals surface area contributed by atoms with Crippen LogP contribution in [0.1, 0.15) is 34.8 Å². The number of carbonyl (C=O) groups is 2. The summed E-state index contributed by atoms with van der Waals surface area (Å²) < 4.78 is 0. The molecule has 0 radical (unpaired) electrons. The molecule has 0 unspecified atom stereocenters. The van der Waals surface area contributed by atoms with Gasteiger partial charge in [-0.1, -0.05) is 0 Å². The number of carboxylic acids is 1. The van der Waals surface area contributed by atoms with Gasteiger partial charge in [-0.05, 0) is 32.1 Å². The van der Waals surface area contributed by atoms with E-state index in [-0.39, 0.29) is 11.8 Å². The van der Waals surface area contributed by atoms with Crippen LogP contribution in [0.2, 0.25) is 0 Å². The third-order valence-electron chi connectivity index (χ3n) is 3.97. The van der Waals surface area contributed by atoms with Gasteiger partial charge in [-0.25, -0.2) is 4.98 Å². The second-order valence-corrected chi connectivity index (χ2v) is 6.68. The standard InChI is InChI=1S/C14H18N2O3S/c17-13(8-7-9(8)14(18)19)15-6-5-12-16-10-3-1-2-4-11(10)20-12/h8-9H,1-7H2,(H,15,17)(H,18,19)/t8-,9+/m0/s1. The van der Waals surface area contributed by atoms with Crippen molar-refractivity contribution in [3.8, 4) is 0 Å². The molecular formula is C14H18N2O3S. The van der Waals surface area contributed by atoms with E-state index in [0.717, 1.165) is 24.3 Å². The lowest BCUT2D eigenvalue weighted by atomic mass is 10.0. The van der Waals surface area contributed by atoms with E-state index < -0.39 is 11.9 Å². The van der Waals surface area contributed by atoms with Crippen LogP contribution in [-0.2, 0) is 28.9 Å². The molecule has 1 fully saturated rings. The summed E-state index contributed by atoms with van der Waals surface area (Å²) in [7, 11) is 0. The molecule has 0 aromatic carbocycles. The van der Waals surface area contributed by atoms with Gasteiger partial charge in [0.25, 0.3) is 0 Å². The maximum atomic E-state index is 11.7. The van der Waals surface area contributed by atoms with Gasteiger partial charge in [0, 0.05) is 17.8 Å². The fourth-order valence-electron chi connectivity index (χ4n) is 2.69. The summed E-state index contributed by atoms with van der Waals surface area (Å²) in [6.45, 7) is 0.550. The van der Waals surface area contributed by atoms with Crippen LogP contribution < -0.4 is 5.32 Å². The van der Waals surface area contributed by atoms with Crippen molar-refractivity contribution in [2.45, 2.75) is 38.5 Å². The highest BCUT2D eigenvalue weighted by atomic mass is 32.1. The largest absolute Gasteiger partial charge is 0.481 e. The van der Waals surface area contributed by atoms with Crippen molar-refractivity contribution in [1.29, 1.82) is 0 Å². The van der Waals surface area contributed by atoms with Crippen LogP contribution in [0, 0.1) is 11.8 Å². The van der Waals surface area contributed by atoms with Crippen LogP contribution in [0.15, 0.2) is 0 Å². The van der Waals surface area contributed by atoms with Crippen LogP contribution in [-0.4, -0.2) is 28.5 Å². The van der Waals surface area contributed by atoms with E-state index in [1.807, 2.05) is 0 Å². The van der Waals surface area contributed by atoms with Crippen LogP contribution in [0.3, 0.4) is 0 Å². The summed E-state index contributed by atoms with van der Waals surface area (Å²) in [5, 5.41) is 12.7. The van der Waals surface area contributed by atoms with Gasteiger partial charge in [-0.15, -0.1) is 11.3 Å². The van der Waals surface area contributed by atoms with Crippen molar-refractivity contribution in [3.05, 3.63) is 15.6 Å². The van der Waals surface area contributed by atoms with Crippen molar-refractivity contribution >= 4 is 23.2 Å². The zero-order valence-electron chi connectivity index (χ0n) is 11.2. The number of rotatable bonds is 5. The third-order valence-corrected chi connectivity index (χ3v) is 5.19. The van der Waals surface area contributed by atoms with Gasteiger partial charge in [0.1, 0.15) is 0 Å². The number of thiazole rings is 1. The Labute approximate surface area is 121 Å². The number of nitrogens with zero attached hydrogens (tertiary/aromatic N) is 1. The molecule has 2 N–H and O–H groups in total. The first-order valence-corrected chi connectivity index (χ1v) is 7.95. The summed E-state index contributed by atoms with van der Waals surface area (Å²) in [5.41, 5.74) is 1.25. The van der Waals surface area contributed by atoms with Gasteiger partial charge < -0.3 is 10.4 Å². The van der Waals surface area contributed by atoms with Gasteiger partial charge in [0.15, 0.2) is 0 Å². The van der Waals surface area contributed by atoms with Crippen LogP contribution in [0.25, 0.3) is 0 Å². The van der Waals surface area contributed by atoms with Gasteiger partial charge in [0.2, 0.25) is 5.91 Å². The molecule has 2 aliphatic rings. The minimum Gasteiger partial charge on any atom is -0.481 e. The Morgan fingerprint density at radius 2 is 2.10 bits per heavy atom. The lowest BCUT2D eigenvalue weighted by molar-refractivity contribution is -0.140. The monoisotopic (exact) mass is 294 g/mol. The van der Waals surface area contributed by atoms with E-state index >= 15 is 0 Å². The third kappa shape index (κ3) is 2.85. The second-order valence-electron chi connectivity index (χ2n) is 5.51. The highest BCUT2D eigenvalue weighted by Crippen LogP contribution is 2.38. The van der Waals surface area contributed by atoms with Crippen molar-refractivity contribution < 1.29 is 14.7 Å². The first-order valence-electron chi connectivity index (χ1n) is 7.13. The molecule has 0 aliphatic heterocycles. The van der Waals surface area contributed by atoms with E-state index in [4.69, 9.17) is 5.11 Å². The number of aliphatic carboxylic acids is 1. The number of fused-ring (bicyclic) bond motifs is 1. The van der Waals surface area contributed by atoms with E-state index in [1.54, 1.807) is 11.3 Å². The molecule has 1 heterocycles. The summed E-state index contributed by atoms with van der Waals surface area (Å²) in [6.07, 6.45) is 5.93. The Morgan fingerprint density at radius 1 is 1.30 bits per heavy atom. The molecule has 20 heavy (non-hydrogen) atoms. The smallest absolute Gasteiger partial charge is 0.307 e. The zero-order chi connectivity index (χ0) is 14.1. The van der Waals surface area contributed by atoms with Crippen molar-refractivity contribution in [3.63, 3.8) is 0 Å². The van der Waals surface area contributed by atoms with Crippen molar-refractivity contribution in [2.75, 3.05) is 6.54 Å². The van der Waals surface area contributed by atoms with E-state index in [9.17, 15) is 9.59 Å². The lowest BCUT2D eigenvalue weighted by Crippen LogP contribution is -2.28. The Kier molecular flexibility index (Phi) is 3.74. The molecular weight excluding hydrogens is 276 g/mol. The van der Waals surface area contributed by atoms with Gasteiger partial charge in [0.05, 0.1) is 22.5 Å². The Bertz CT molecular complexity index is 517. The fourth-order valence-corrected chi connectivity index (χ4v) is 3.85. The average molecular weight is 294 g/mol. The SMILES string of the molecule is O=C(NCCc1nc2c(s1)CCCC2)[C@H]1C[C@H]1C(=O)O. The topological polar surface area (TPSA) is 79.3 Å². The van der Waals surface area contributed by atoms with E-state index in [0.29, 0.717) is 13.0 Å². The number of carbonyl (C=O) groups excluding carboxylic acids is 1. The van der Waals surface area contributed by atoms with Crippen LogP contribution in [0.4, 0.5) is 0 Å². The molecule has 2 aliphatic carbocycles. The average Bonchev–Trinajstić information content (AvgIpc) is 3.13. The Balaban J connectivity index is 1.45. The maximum Gasteiger partial charge on any atom is 0.307 e. The van der Waals surface area contributed by atoms with Crippen LogP contribution in [0.5, 0.6) is 0 Å². The molecule has 1 saturated carbocycles. The number of aromatic nitrogens is 1. The minimum atomic E-state index is -0.863. The predicted molar refractivity (Wildman–Crippen MR) is 74.7 cm³/mol. The zero-order valence-corrected chi connectivity index (χ0v) is 12.0. The molecule has 0 spiro atoms. The molecule has 6 heteroatoms. The van der Waals surface area contributed by atoms with Gasteiger partial charge >= 0.3 is 5.97 Å². The molecule has 1 aromatic rings. The number of nitrogens with one attached hydrogen (secondary N) is 1. The highest BCUT2D eigenvalue weighted by molar-refractivity contribution is 7.11. The predicted octanol–water partition coefficient (Wildman–Crippen LogP) is 1.40. The molecule has 0 saturated heterocycles. The first kappa shape index (κ1) is 13.5. The number of hydrogen-bond acceptors (Lipinski definition) is 4. The normalized spacial score (nSPS) is 24.0. The maximum absolute atomic E-state index is 11.7. The molecule has 108 valence electrons. The van der Waals surface area contributed by atoms with Crippen molar-refractivity contribution in [1.82, 2.24) is 10.3 Å². The molecule has 0 bridgehead atoms. The first-order chi connectivity index (χ1) is 9.65. The summed E-state index contributed by atoms with van der Waals surface area (Å²) >= 11 is 1.76. The van der Waals surface area contributed by atoms with Crippen molar-refractivity contribution in [2.24, 2.45) is 11.8 Å². The van der Waals surface area contributed by atoms with Gasteiger partial charge in [-0.2, -0.15) is 0 Å². The highest BCUT2D eigenvalue weighted by Gasteiger charge is 2.48. The Morgan fingerprint density at radius 3 is 2.80 bits per heavy atom. The van der Waals surface area contributed by atoms with E-state index in [1.165, 1.54) is 23.4 Å². The Hall–Kier alpha value is -1.43. The summed E-state index contributed by atoms with van der Waals surface area (Å²) in [6, 6.07) is 0. The molecule has 2 atom stereocenters. The van der Waals surface area contributed by atoms with E-state index in [2.05, 4.69) is 10.3 Å². The quantitative estimate of drug-likeness (QED) is 0.860. The fraction of sp³-hybridized carbons (Fsp3) is 0.643. The number of hydrogen-bond donors (Lipinski definition) is 2. The number of carboxylic acid groups (broad SMARTS) is 1. The summed E-state index contributed by atoms with van der Waals surface area (Å²) in [5.74, 6) is -1.78. The lowest BCUT2D eigenvalue weighted by Gasteiger charge is -2.06. The summed E-state index contributed by atoms with van der Waals surface area (Å²) in [4.78, 5) is 28.4. The minimum absolute atomic E-state index is 0.126. The molecule has 3 rings (SSSR count).